The van der Waals surface area contributed by atoms with Crippen LogP contribution < -0.4 is 0 Å². The average molecular weight is 261 g/mol. The van der Waals surface area contributed by atoms with Crippen LogP contribution in [-0.2, 0) is 20.7 Å². The Morgan fingerprint density at radius 1 is 1.26 bits per heavy atom. The van der Waals surface area contributed by atoms with E-state index in [9.17, 15) is 9.59 Å². The number of rotatable bonds is 4. The maximum Gasteiger partial charge on any atom is 0.261 e. The van der Waals surface area contributed by atoms with E-state index in [0.717, 1.165) is 5.56 Å². The molecule has 0 bridgehead atoms. The monoisotopic (exact) mass is 261 g/mol. The van der Waals surface area contributed by atoms with Gasteiger partial charge in [-0.3, -0.25) is 14.5 Å². The van der Waals surface area contributed by atoms with E-state index in [4.69, 9.17) is 4.74 Å². The molecule has 102 valence electrons. The van der Waals surface area contributed by atoms with Crippen molar-refractivity contribution in [2.45, 2.75) is 25.9 Å². The quantitative estimate of drug-likeness (QED) is 0.774. The maximum absolute atomic E-state index is 12.2. The third-order valence-electron chi connectivity index (χ3n) is 3.75. The van der Waals surface area contributed by atoms with Gasteiger partial charge in [-0.25, -0.2) is 0 Å². The normalized spacial score (nSPS) is 27.1. The van der Waals surface area contributed by atoms with Gasteiger partial charge in [0.25, 0.3) is 5.91 Å². The fourth-order valence-corrected chi connectivity index (χ4v) is 2.65. The minimum atomic E-state index is -1.05. The second-order valence-electron chi connectivity index (χ2n) is 4.98. The minimum Gasteiger partial charge on any atom is -0.365 e. The number of carbonyl (C=O) groups is 2. The first-order valence-corrected chi connectivity index (χ1v) is 6.50. The van der Waals surface area contributed by atoms with Gasteiger partial charge in [0, 0.05) is 13.7 Å². The Labute approximate surface area is 113 Å². The summed E-state index contributed by atoms with van der Waals surface area (Å²) in [6.45, 7) is 3.96. The number of benzene rings is 1. The minimum absolute atomic E-state index is 0.162. The molecule has 1 aliphatic rings. The highest BCUT2D eigenvalue weighted by atomic mass is 16.5. The van der Waals surface area contributed by atoms with Crippen LogP contribution in [0.25, 0.3) is 0 Å². The first-order chi connectivity index (χ1) is 9.00. The van der Waals surface area contributed by atoms with Gasteiger partial charge in [0.05, 0.1) is 5.92 Å². The molecule has 1 aromatic carbocycles. The predicted octanol–water partition coefficient (Wildman–Crippen LogP) is 1.64. The summed E-state index contributed by atoms with van der Waals surface area (Å²) >= 11 is 0. The average Bonchev–Trinajstić information content (AvgIpc) is 2.56. The number of likely N-dealkylation sites (N-methyl/N-ethyl adjacent to an activating group) is 1. The Morgan fingerprint density at radius 3 is 2.47 bits per heavy atom. The van der Waals surface area contributed by atoms with Crippen LogP contribution in [0.3, 0.4) is 0 Å². The molecule has 1 aliphatic heterocycles. The summed E-state index contributed by atoms with van der Waals surface area (Å²) in [7, 11) is 1.52. The van der Waals surface area contributed by atoms with Crippen molar-refractivity contribution in [1.29, 1.82) is 0 Å². The Kier molecular flexibility index (Phi) is 3.71. The molecule has 1 aromatic rings. The third kappa shape index (κ3) is 2.28. The van der Waals surface area contributed by atoms with E-state index in [2.05, 4.69) is 0 Å². The largest absolute Gasteiger partial charge is 0.365 e. The van der Waals surface area contributed by atoms with E-state index < -0.39 is 11.5 Å². The van der Waals surface area contributed by atoms with Crippen LogP contribution in [0.4, 0.5) is 0 Å². The molecular formula is C15H19NO3. The zero-order chi connectivity index (χ0) is 14.0. The highest BCUT2D eigenvalue weighted by Crippen LogP contribution is 2.35. The summed E-state index contributed by atoms with van der Waals surface area (Å²) in [6.07, 6.45) is 0.520. The summed E-state index contributed by atoms with van der Waals surface area (Å²) in [5.74, 6) is -0.863. The van der Waals surface area contributed by atoms with E-state index in [1.54, 1.807) is 6.92 Å². The van der Waals surface area contributed by atoms with E-state index >= 15 is 0 Å². The number of carbonyl (C=O) groups excluding carboxylic acids is 2. The second-order valence-corrected chi connectivity index (χ2v) is 4.98. The van der Waals surface area contributed by atoms with Crippen LogP contribution in [0.1, 0.15) is 19.4 Å². The van der Waals surface area contributed by atoms with Gasteiger partial charge in [-0.15, -0.1) is 0 Å². The molecule has 2 unspecified atom stereocenters. The molecule has 1 fully saturated rings. The standard InChI is InChI=1S/C15H19NO3/c1-4-19-15(2)12(13(17)16(3)14(15)18)10-11-8-6-5-7-9-11/h5-9,12H,4,10H2,1-3H3. The summed E-state index contributed by atoms with van der Waals surface area (Å²) < 4.78 is 5.62. The zero-order valence-corrected chi connectivity index (χ0v) is 11.6. The molecule has 1 saturated heterocycles. The molecule has 0 radical (unpaired) electrons. The zero-order valence-electron chi connectivity index (χ0n) is 11.6. The number of nitrogens with zero attached hydrogens (tertiary/aromatic N) is 1. The van der Waals surface area contributed by atoms with Crippen molar-refractivity contribution in [1.82, 2.24) is 4.90 Å². The summed E-state index contributed by atoms with van der Waals surface area (Å²) in [5, 5.41) is 0. The fraction of sp³-hybridized carbons (Fsp3) is 0.467. The lowest BCUT2D eigenvalue weighted by molar-refractivity contribution is -0.149. The van der Waals surface area contributed by atoms with Gasteiger partial charge in [0.15, 0.2) is 5.60 Å². The van der Waals surface area contributed by atoms with Crippen LogP contribution >= 0.6 is 0 Å². The topological polar surface area (TPSA) is 46.6 Å². The van der Waals surface area contributed by atoms with Crippen LogP contribution in [0.2, 0.25) is 0 Å². The lowest BCUT2D eigenvalue weighted by atomic mass is 9.86. The van der Waals surface area contributed by atoms with Gasteiger partial charge in [0.1, 0.15) is 0 Å². The predicted molar refractivity (Wildman–Crippen MR) is 71.4 cm³/mol. The molecule has 0 N–H and O–H groups in total. The molecule has 2 atom stereocenters. The van der Waals surface area contributed by atoms with Crippen LogP contribution in [-0.4, -0.2) is 36.0 Å². The van der Waals surface area contributed by atoms with E-state index in [0.29, 0.717) is 13.0 Å². The van der Waals surface area contributed by atoms with Gasteiger partial charge in [0.2, 0.25) is 5.91 Å². The van der Waals surface area contributed by atoms with Gasteiger partial charge < -0.3 is 4.74 Å². The smallest absolute Gasteiger partial charge is 0.261 e. The molecular weight excluding hydrogens is 242 g/mol. The summed E-state index contributed by atoms with van der Waals surface area (Å²) in [4.78, 5) is 25.6. The van der Waals surface area contributed by atoms with E-state index in [1.807, 2.05) is 37.3 Å². The number of hydrogen-bond acceptors (Lipinski definition) is 3. The Bertz CT molecular complexity index is 485. The molecule has 2 amide bonds. The molecule has 0 aliphatic carbocycles. The number of hydrogen-bond donors (Lipinski definition) is 0. The highest BCUT2D eigenvalue weighted by Gasteiger charge is 2.55. The molecule has 0 spiro atoms. The Morgan fingerprint density at radius 2 is 1.89 bits per heavy atom. The first kappa shape index (κ1) is 13.7. The van der Waals surface area contributed by atoms with Crippen molar-refractivity contribution < 1.29 is 14.3 Å². The Balaban J connectivity index is 2.30. The van der Waals surface area contributed by atoms with Gasteiger partial charge >= 0.3 is 0 Å². The van der Waals surface area contributed by atoms with Crippen molar-refractivity contribution in [3.8, 4) is 0 Å². The lowest BCUT2D eigenvalue weighted by Crippen LogP contribution is -2.43. The third-order valence-corrected chi connectivity index (χ3v) is 3.75. The number of likely N-dealkylation sites (tertiary alicyclic amines) is 1. The molecule has 4 heteroatoms. The molecule has 19 heavy (non-hydrogen) atoms. The van der Waals surface area contributed by atoms with Crippen LogP contribution in [0, 0.1) is 5.92 Å². The van der Waals surface area contributed by atoms with Crippen molar-refractivity contribution in [3.05, 3.63) is 35.9 Å². The molecule has 0 aromatic heterocycles. The van der Waals surface area contributed by atoms with Crippen LogP contribution in [0.5, 0.6) is 0 Å². The number of imide groups is 1. The van der Waals surface area contributed by atoms with Crippen molar-refractivity contribution in [2.24, 2.45) is 5.92 Å². The summed E-state index contributed by atoms with van der Waals surface area (Å²) in [5.41, 5.74) is -0.00829. The van der Waals surface area contributed by atoms with Crippen molar-refractivity contribution in [3.63, 3.8) is 0 Å². The van der Waals surface area contributed by atoms with E-state index in [-0.39, 0.29) is 11.8 Å². The van der Waals surface area contributed by atoms with Crippen molar-refractivity contribution >= 4 is 11.8 Å². The lowest BCUT2D eigenvalue weighted by Gasteiger charge is -2.27. The fourth-order valence-electron chi connectivity index (χ4n) is 2.65. The maximum atomic E-state index is 12.2. The molecule has 1 heterocycles. The molecule has 0 saturated carbocycles. The summed E-state index contributed by atoms with van der Waals surface area (Å²) in [6, 6.07) is 9.71. The SMILES string of the molecule is CCOC1(C)C(=O)N(C)C(=O)C1Cc1ccccc1. The van der Waals surface area contributed by atoms with Crippen LogP contribution in [0.15, 0.2) is 30.3 Å². The van der Waals surface area contributed by atoms with Gasteiger partial charge in [-0.2, -0.15) is 0 Å². The van der Waals surface area contributed by atoms with Gasteiger partial charge in [-0.05, 0) is 25.8 Å². The second kappa shape index (κ2) is 5.13. The molecule has 4 nitrogen and oxygen atoms in total. The van der Waals surface area contributed by atoms with Gasteiger partial charge in [-0.1, -0.05) is 30.3 Å². The van der Waals surface area contributed by atoms with E-state index in [1.165, 1.54) is 11.9 Å². The van der Waals surface area contributed by atoms with Crippen molar-refractivity contribution in [2.75, 3.05) is 13.7 Å². The number of ether oxygens (including phenoxy) is 1. The highest BCUT2D eigenvalue weighted by molar-refractivity contribution is 6.08. The Hall–Kier alpha value is -1.68. The first-order valence-electron chi connectivity index (χ1n) is 6.50. The molecule has 2 rings (SSSR count). The number of amides is 2.